The van der Waals surface area contributed by atoms with Gasteiger partial charge in [0.15, 0.2) is 12.6 Å². The van der Waals surface area contributed by atoms with Gasteiger partial charge in [0, 0.05) is 18.8 Å². The van der Waals surface area contributed by atoms with Gasteiger partial charge in [0.05, 0.1) is 0 Å². The van der Waals surface area contributed by atoms with Crippen LogP contribution in [0.2, 0.25) is 0 Å². The molecule has 1 aromatic carbocycles. The van der Waals surface area contributed by atoms with Crippen molar-refractivity contribution >= 4 is 12.1 Å². The van der Waals surface area contributed by atoms with Gasteiger partial charge in [-0.1, -0.05) is 30.3 Å². The van der Waals surface area contributed by atoms with Gasteiger partial charge in [-0.05, 0) is 20.8 Å². The quantitative estimate of drug-likeness (QED) is 0.338. The number of carbonyl (C=O) groups excluding carboxylic acids is 2. The summed E-state index contributed by atoms with van der Waals surface area (Å²) in [5.41, 5.74) is 0.442. The van der Waals surface area contributed by atoms with E-state index in [-0.39, 0.29) is 6.29 Å². The summed E-state index contributed by atoms with van der Waals surface area (Å²) < 4.78 is 10.1. The standard InChI is InChI=1S/C8H6O2.C6H14O2/c9-6-8(10)7-4-2-1-3-5-7;1-4-7-6(3)8-5-2/h1-6H;6H,4-5H2,1-3H3. The van der Waals surface area contributed by atoms with Gasteiger partial charge in [-0.3, -0.25) is 9.59 Å². The van der Waals surface area contributed by atoms with Gasteiger partial charge in [-0.15, -0.1) is 0 Å². The van der Waals surface area contributed by atoms with E-state index in [9.17, 15) is 9.59 Å². The number of hydrogen-bond acceptors (Lipinski definition) is 4. The molecule has 0 bridgehead atoms. The summed E-state index contributed by atoms with van der Waals surface area (Å²) in [6, 6.07) is 8.45. The zero-order valence-electron chi connectivity index (χ0n) is 11.1. The molecular formula is C14H20O4. The minimum atomic E-state index is -0.472. The molecule has 0 saturated carbocycles. The number of aldehydes is 1. The van der Waals surface area contributed by atoms with E-state index in [0.717, 1.165) is 13.2 Å². The summed E-state index contributed by atoms with van der Waals surface area (Å²) in [6.45, 7) is 7.25. The van der Waals surface area contributed by atoms with Gasteiger partial charge in [0.1, 0.15) is 0 Å². The largest absolute Gasteiger partial charge is 0.353 e. The maximum absolute atomic E-state index is 10.6. The monoisotopic (exact) mass is 252 g/mol. The lowest BCUT2D eigenvalue weighted by Gasteiger charge is -2.09. The van der Waals surface area contributed by atoms with Gasteiger partial charge in [-0.25, -0.2) is 0 Å². The van der Waals surface area contributed by atoms with Crippen LogP contribution < -0.4 is 0 Å². The van der Waals surface area contributed by atoms with E-state index in [1.807, 2.05) is 20.8 Å². The minimum absolute atomic E-state index is 0.0370. The van der Waals surface area contributed by atoms with Crippen LogP contribution in [-0.2, 0) is 14.3 Å². The lowest BCUT2D eigenvalue weighted by atomic mass is 10.1. The molecule has 0 unspecified atom stereocenters. The van der Waals surface area contributed by atoms with Crippen LogP contribution in [0.15, 0.2) is 30.3 Å². The summed E-state index contributed by atoms with van der Waals surface area (Å²) in [4.78, 5) is 20.6. The normalized spacial score (nSPS) is 9.56. The molecule has 0 spiro atoms. The Balaban J connectivity index is 0.000000331. The van der Waals surface area contributed by atoms with Crippen molar-refractivity contribution in [3.63, 3.8) is 0 Å². The fraction of sp³-hybridized carbons (Fsp3) is 0.429. The summed E-state index contributed by atoms with van der Waals surface area (Å²) in [6.07, 6.45) is 0.278. The number of ketones is 1. The molecule has 0 heterocycles. The summed E-state index contributed by atoms with van der Waals surface area (Å²) in [5.74, 6) is -0.472. The second-order valence-corrected chi connectivity index (χ2v) is 3.33. The van der Waals surface area contributed by atoms with Crippen molar-refractivity contribution in [2.45, 2.75) is 27.1 Å². The predicted octanol–water partition coefficient (Wildman–Crippen LogP) is 2.47. The van der Waals surface area contributed by atoms with Crippen molar-refractivity contribution in [1.29, 1.82) is 0 Å². The Labute approximate surface area is 108 Å². The molecule has 0 aliphatic carbocycles. The average Bonchev–Trinajstić information content (AvgIpc) is 2.40. The first kappa shape index (κ1) is 16.5. The van der Waals surface area contributed by atoms with E-state index < -0.39 is 5.78 Å². The second kappa shape index (κ2) is 10.6. The highest BCUT2D eigenvalue weighted by atomic mass is 16.7. The third-order valence-electron chi connectivity index (χ3n) is 1.97. The van der Waals surface area contributed by atoms with Crippen LogP contribution in [0.5, 0.6) is 0 Å². The van der Waals surface area contributed by atoms with E-state index >= 15 is 0 Å². The second-order valence-electron chi connectivity index (χ2n) is 3.33. The van der Waals surface area contributed by atoms with Crippen molar-refractivity contribution in [3.8, 4) is 0 Å². The molecule has 0 aromatic heterocycles. The Kier molecular flexibility index (Phi) is 9.73. The molecule has 4 heteroatoms. The van der Waals surface area contributed by atoms with Crippen LogP contribution in [0.1, 0.15) is 31.1 Å². The first-order valence-electron chi connectivity index (χ1n) is 5.93. The molecule has 0 atom stereocenters. The molecule has 4 nitrogen and oxygen atoms in total. The van der Waals surface area contributed by atoms with Gasteiger partial charge in [0.2, 0.25) is 5.78 Å². The van der Waals surface area contributed by atoms with Crippen LogP contribution in [0.4, 0.5) is 0 Å². The van der Waals surface area contributed by atoms with Crippen LogP contribution >= 0.6 is 0 Å². The van der Waals surface area contributed by atoms with Crippen molar-refractivity contribution in [2.24, 2.45) is 0 Å². The Bertz CT molecular complexity index is 329. The Morgan fingerprint density at radius 2 is 1.67 bits per heavy atom. The topological polar surface area (TPSA) is 52.6 Å². The maximum atomic E-state index is 10.6. The third kappa shape index (κ3) is 7.70. The van der Waals surface area contributed by atoms with E-state index in [4.69, 9.17) is 9.47 Å². The predicted molar refractivity (Wildman–Crippen MR) is 69.6 cm³/mol. The minimum Gasteiger partial charge on any atom is -0.353 e. The number of hydrogen-bond donors (Lipinski definition) is 0. The van der Waals surface area contributed by atoms with E-state index in [0.29, 0.717) is 11.8 Å². The number of benzene rings is 1. The van der Waals surface area contributed by atoms with Crippen LogP contribution in [0, 0.1) is 0 Å². The van der Waals surface area contributed by atoms with Crippen molar-refractivity contribution in [2.75, 3.05) is 13.2 Å². The molecule has 0 aliphatic heterocycles. The molecule has 0 fully saturated rings. The van der Waals surface area contributed by atoms with Gasteiger partial charge >= 0.3 is 0 Å². The van der Waals surface area contributed by atoms with Crippen LogP contribution in [0.25, 0.3) is 0 Å². The van der Waals surface area contributed by atoms with Gasteiger partial charge in [-0.2, -0.15) is 0 Å². The summed E-state index contributed by atoms with van der Waals surface area (Å²) in [5, 5.41) is 0. The number of ether oxygens (including phenoxy) is 2. The molecule has 1 rings (SSSR count). The molecule has 100 valence electrons. The fourth-order valence-corrected chi connectivity index (χ4v) is 1.19. The molecule has 0 N–H and O–H groups in total. The van der Waals surface area contributed by atoms with Gasteiger partial charge in [0.25, 0.3) is 0 Å². The van der Waals surface area contributed by atoms with E-state index in [1.54, 1.807) is 30.3 Å². The number of Topliss-reactive ketones (excluding diaryl/α,β-unsaturated/α-hetero) is 1. The molecule has 0 aliphatic rings. The molecule has 1 aromatic rings. The summed E-state index contributed by atoms with van der Waals surface area (Å²) >= 11 is 0. The molecule has 0 saturated heterocycles. The van der Waals surface area contributed by atoms with Crippen LogP contribution in [-0.4, -0.2) is 31.6 Å². The molecule has 18 heavy (non-hydrogen) atoms. The van der Waals surface area contributed by atoms with Crippen molar-refractivity contribution in [3.05, 3.63) is 35.9 Å². The number of rotatable bonds is 6. The smallest absolute Gasteiger partial charge is 0.225 e. The lowest BCUT2D eigenvalue weighted by Crippen LogP contribution is -2.11. The first-order chi connectivity index (χ1) is 8.65. The SMILES string of the molecule is CCOC(C)OCC.O=CC(=O)c1ccccc1. The highest BCUT2D eigenvalue weighted by molar-refractivity contribution is 6.33. The first-order valence-corrected chi connectivity index (χ1v) is 5.93. The zero-order valence-corrected chi connectivity index (χ0v) is 11.1. The molecule has 0 radical (unpaired) electrons. The lowest BCUT2D eigenvalue weighted by molar-refractivity contribution is -0.123. The fourth-order valence-electron chi connectivity index (χ4n) is 1.19. The average molecular weight is 252 g/mol. The highest BCUT2D eigenvalue weighted by Gasteiger charge is 1.99. The number of carbonyl (C=O) groups is 2. The zero-order chi connectivity index (χ0) is 13.8. The summed E-state index contributed by atoms with van der Waals surface area (Å²) in [7, 11) is 0. The van der Waals surface area contributed by atoms with E-state index in [1.165, 1.54) is 0 Å². The Hall–Kier alpha value is -1.52. The van der Waals surface area contributed by atoms with Gasteiger partial charge < -0.3 is 9.47 Å². The maximum Gasteiger partial charge on any atom is 0.225 e. The molecule has 0 amide bonds. The third-order valence-corrected chi connectivity index (χ3v) is 1.97. The Morgan fingerprint density at radius 1 is 1.17 bits per heavy atom. The van der Waals surface area contributed by atoms with Crippen LogP contribution in [0.3, 0.4) is 0 Å². The van der Waals surface area contributed by atoms with E-state index in [2.05, 4.69) is 0 Å². The van der Waals surface area contributed by atoms with Crippen molar-refractivity contribution in [1.82, 2.24) is 0 Å². The van der Waals surface area contributed by atoms with Crippen molar-refractivity contribution < 1.29 is 19.1 Å². The Morgan fingerprint density at radius 3 is 2.06 bits per heavy atom. The molecular weight excluding hydrogens is 232 g/mol. The highest BCUT2D eigenvalue weighted by Crippen LogP contribution is 1.96.